The number of aromatic nitrogens is 3. The van der Waals surface area contributed by atoms with Crippen LogP contribution in [0.3, 0.4) is 0 Å². The zero-order valence-electron chi connectivity index (χ0n) is 15.5. The average molecular weight is 387 g/mol. The lowest BCUT2D eigenvalue weighted by atomic mass is 10.1. The number of nitrogens with one attached hydrogen (secondary N) is 3. The number of amides is 3. The van der Waals surface area contributed by atoms with Crippen molar-refractivity contribution in [3.8, 4) is 11.5 Å². The van der Waals surface area contributed by atoms with Gasteiger partial charge in [0.1, 0.15) is 0 Å². The summed E-state index contributed by atoms with van der Waals surface area (Å²) in [6, 6.07) is 7.25. The summed E-state index contributed by atoms with van der Waals surface area (Å²) in [5, 5.41) is 13.7. The quantitative estimate of drug-likeness (QED) is 0.592. The molecular formula is C18H21N5O3S. The molecule has 3 N–H and O–H groups in total. The maximum Gasteiger partial charge on any atom is 0.321 e. The standard InChI is InChI=1S/C18H21N5O3S/c1-10(14(24)20-16(25)21-18(2,3)4)27-17-23-22-15(26-17)12-9-19-13-8-6-5-7-11(12)13/h5-10,19H,1-4H3,(H2,20,21,24,25). The monoisotopic (exact) mass is 387 g/mol. The molecule has 142 valence electrons. The number of nitrogens with zero attached hydrogens (tertiary/aromatic N) is 2. The number of H-pyrrole nitrogens is 1. The van der Waals surface area contributed by atoms with Gasteiger partial charge in [0.15, 0.2) is 0 Å². The molecule has 1 aromatic carbocycles. The van der Waals surface area contributed by atoms with Gasteiger partial charge in [-0.05, 0) is 33.8 Å². The average Bonchev–Trinajstić information content (AvgIpc) is 3.19. The van der Waals surface area contributed by atoms with Gasteiger partial charge < -0.3 is 14.7 Å². The summed E-state index contributed by atoms with van der Waals surface area (Å²) >= 11 is 1.09. The van der Waals surface area contributed by atoms with Crippen molar-refractivity contribution in [1.82, 2.24) is 25.8 Å². The molecule has 0 aliphatic rings. The molecule has 3 amide bonds. The Hall–Kier alpha value is -2.81. The first-order chi connectivity index (χ1) is 12.7. The molecular weight excluding hydrogens is 366 g/mol. The number of hydrogen-bond acceptors (Lipinski definition) is 6. The van der Waals surface area contributed by atoms with E-state index in [1.54, 1.807) is 13.1 Å². The predicted octanol–water partition coefficient (Wildman–Crippen LogP) is 3.32. The second-order valence-corrected chi connectivity index (χ2v) is 8.37. The number of thioether (sulfide) groups is 1. The normalized spacial score (nSPS) is 12.7. The van der Waals surface area contributed by atoms with Gasteiger partial charge in [0, 0.05) is 22.6 Å². The lowest BCUT2D eigenvalue weighted by Crippen LogP contribution is -2.49. The van der Waals surface area contributed by atoms with Crippen LogP contribution in [0.1, 0.15) is 27.7 Å². The molecule has 1 unspecified atom stereocenters. The first-order valence-corrected chi connectivity index (χ1v) is 9.30. The van der Waals surface area contributed by atoms with Crippen molar-refractivity contribution in [2.45, 2.75) is 43.7 Å². The minimum Gasteiger partial charge on any atom is -0.411 e. The molecule has 0 fully saturated rings. The number of imide groups is 1. The van der Waals surface area contributed by atoms with E-state index < -0.39 is 22.7 Å². The zero-order chi connectivity index (χ0) is 19.6. The van der Waals surface area contributed by atoms with Gasteiger partial charge in [0.2, 0.25) is 5.91 Å². The van der Waals surface area contributed by atoms with Crippen LogP contribution in [0.15, 0.2) is 40.1 Å². The number of fused-ring (bicyclic) bond motifs is 1. The largest absolute Gasteiger partial charge is 0.411 e. The van der Waals surface area contributed by atoms with Gasteiger partial charge in [-0.15, -0.1) is 10.2 Å². The second kappa shape index (κ2) is 7.43. The first-order valence-electron chi connectivity index (χ1n) is 8.42. The Morgan fingerprint density at radius 1 is 1.22 bits per heavy atom. The first kappa shape index (κ1) is 19.0. The topological polar surface area (TPSA) is 113 Å². The summed E-state index contributed by atoms with van der Waals surface area (Å²) in [7, 11) is 0. The number of aromatic amines is 1. The molecule has 0 bridgehead atoms. The fourth-order valence-corrected chi connectivity index (χ4v) is 3.09. The highest BCUT2D eigenvalue weighted by Gasteiger charge is 2.22. The molecule has 0 radical (unpaired) electrons. The summed E-state index contributed by atoms with van der Waals surface area (Å²) in [4.78, 5) is 27.1. The number of hydrogen-bond donors (Lipinski definition) is 3. The van der Waals surface area contributed by atoms with E-state index in [-0.39, 0.29) is 5.22 Å². The molecule has 1 atom stereocenters. The molecule has 0 spiro atoms. The van der Waals surface area contributed by atoms with E-state index in [2.05, 4.69) is 25.8 Å². The minimum absolute atomic E-state index is 0.258. The highest BCUT2D eigenvalue weighted by atomic mass is 32.2. The Labute approximate surface area is 160 Å². The Balaban J connectivity index is 1.65. The molecule has 0 aliphatic heterocycles. The number of rotatable bonds is 4. The van der Waals surface area contributed by atoms with Crippen LogP contribution in [0, 0.1) is 0 Å². The molecule has 0 saturated carbocycles. The zero-order valence-corrected chi connectivity index (χ0v) is 16.3. The van der Waals surface area contributed by atoms with Crippen molar-refractivity contribution in [1.29, 1.82) is 0 Å². The van der Waals surface area contributed by atoms with Gasteiger partial charge in [-0.25, -0.2) is 4.79 Å². The van der Waals surface area contributed by atoms with Crippen molar-refractivity contribution < 1.29 is 14.0 Å². The summed E-state index contributed by atoms with van der Waals surface area (Å²) in [5.74, 6) is -0.0679. The van der Waals surface area contributed by atoms with E-state index in [0.29, 0.717) is 5.89 Å². The van der Waals surface area contributed by atoms with E-state index in [4.69, 9.17) is 4.42 Å². The van der Waals surface area contributed by atoms with E-state index in [9.17, 15) is 9.59 Å². The van der Waals surface area contributed by atoms with Crippen LogP contribution in [0.25, 0.3) is 22.4 Å². The number of para-hydroxylation sites is 1. The molecule has 2 heterocycles. The smallest absolute Gasteiger partial charge is 0.321 e. The maximum atomic E-state index is 12.2. The van der Waals surface area contributed by atoms with E-state index >= 15 is 0 Å². The molecule has 2 aromatic heterocycles. The van der Waals surface area contributed by atoms with Crippen molar-refractivity contribution in [3.63, 3.8) is 0 Å². The summed E-state index contributed by atoms with van der Waals surface area (Å²) < 4.78 is 5.68. The van der Waals surface area contributed by atoms with Gasteiger partial charge in [-0.1, -0.05) is 30.0 Å². The van der Waals surface area contributed by atoms with Crippen LogP contribution in [-0.4, -0.2) is 37.9 Å². The van der Waals surface area contributed by atoms with Crippen LogP contribution in [0.2, 0.25) is 0 Å². The Bertz CT molecular complexity index is 973. The number of carbonyl (C=O) groups excluding carboxylic acids is 2. The van der Waals surface area contributed by atoms with Gasteiger partial charge in [0.25, 0.3) is 11.1 Å². The lowest BCUT2D eigenvalue weighted by Gasteiger charge is -2.20. The summed E-state index contributed by atoms with van der Waals surface area (Å²) in [5.41, 5.74) is 1.34. The molecule has 0 aliphatic carbocycles. The fraction of sp³-hybridized carbons (Fsp3) is 0.333. The van der Waals surface area contributed by atoms with Gasteiger partial charge in [-0.2, -0.15) is 0 Å². The molecule has 9 heteroatoms. The summed E-state index contributed by atoms with van der Waals surface area (Å²) in [6.45, 7) is 7.17. The SMILES string of the molecule is CC(Sc1nnc(-c2c[nH]c3ccccc23)o1)C(=O)NC(=O)NC(C)(C)C. The third-order valence-corrected chi connectivity index (χ3v) is 4.53. The van der Waals surface area contributed by atoms with Gasteiger partial charge >= 0.3 is 6.03 Å². The number of urea groups is 1. The van der Waals surface area contributed by atoms with Crippen molar-refractivity contribution >= 4 is 34.6 Å². The van der Waals surface area contributed by atoms with Crippen LogP contribution in [0.5, 0.6) is 0 Å². The molecule has 0 saturated heterocycles. The highest BCUT2D eigenvalue weighted by Crippen LogP contribution is 2.30. The van der Waals surface area contributed by atoms with Crippen molar-refractivity contribution in [2.75, 3.05) is 0 Å². The van der Waals surface area contributed by atoms with Gasteiger partial charge in [0.05, 0.1) is 10.8 Å². The predicted molar refractivity (Wildman–Crippen MR) is 103 cm³/mol. The molecule has 3 rings (SSSR count). The Kier molecular flexibility index (Phi) is 5.22. The van der Waals surface area contributed by atoms with Crippen LogP contribution < -0.4 is 10.6 Å². The van der Waals surface area contributed by atoms with E-state index in [1.165, 1.54) is 0 Å². The molecule has 3 aromatic rings. The third-order valence-electron chi connectivity index (χ3n) is 3.60. The van der Waals surface area contributed by atoms with Crippen molar-refractivity contribution in [3.05, 3.63) is 30.5 Å². The van der Waals surface area contributed by atoms with E-state index in [1.807, 2.05) is 45.0 Å². The fourth-order valence-electron chi connectivity index (χ4n) is 2.40. The van der Waals surface area contributed by atoms with Crippen LogP contribution in [0.4, 0.5) is 4.79 Å². The Morgan fingerprint density at radius 2 is 1.96 bits per heavy atom. The summed E-state index contributed by atoms with van der Waals surface area (Å²) in [6.07, 6.45) is 1.81. The molecule has 8 nitrogen and oxygen atoms in total. The Morgan fingerprint density at radius 3 is 2.70 bits per heavy atom. The number of carbonyl (C=O) groups is 2. The lowest BCUT2D eigenvalue weighted by molar-refractivity contribution is -0.119. The van der Waals surface area contributed by atoms with Gasteiger partial charge in [-0.3, -0.25) is 10.1 Å². The van der Waals surface area contributed by atoms with E-state index in [0.717, 1.165) is 28.2 Å². The van der Waals surface area contributed by atoms with Crippen LogP contribution >= 0.6 is 11.8 Å². The maximum absolute atomic E-state index is 12.2. The second-order valence-electron chi connectivity index (χ2n) is 7.07. The van der Waals surface area contributed by atoms with Crippen molar-refractivity contribution in [2.24, 2.45) is 0 Å². The minimum atomic E-state index is -0.577. The highest BCUT2D eigenvalue weighted by molar-refractivity contribution is 8.00. The van der Waals surface area contributed by atoms with Crippen LogP contribution in [-0.2, 0) is 4.79 Å². The molecule has 27 heavy (non-hydrogen) atoms. The number of benzene rings is 1. The third kappa shape index (κ3) is 4.68.